The summed E-state index contributed by atoms with van der Waals surface area (Å²) in [6.45, 7) is 12.6. The molecule has 2 aromatic heterocycles. The predicted octanol–water partition coefficient (Wildman–Crippen LogP) is 6.68. The Morgan fingerprint density at radius 2 is 1.67 bits per heavy atom. The number of aromatic hydroxyl groups is 1. The molecule has 0 saturated carbocycles. The Bertz CT molecular complexity index is 1770. The number of aromatic nitrogens is 1. The van der Waals surface area contributed by atoms with Gasteiger partial charge in [-0.05, 0) is 70.0 Å². The van der Waals surface area contributed by atoms with Crippen LogP contribution >= 0.6 is 22.7 Å². The fraction of sp³-hybridized carbons (Fsp3) is 0.333. The summed E-state index contributed by atoms with van der Waals surface area (Å²) in [5.41, 5.74) is 6.96. The van der Waals surface area contributed by atoms with Crippen LogP contribution in [0.25, 0.3) is 11.8 Å². The maximum Gasteiger partial charge on any atom is 0.271 e. The quantitative estimate of drug-likeness (QED) is 0.301. The summed E-state index contributed by atoms with van der Waals surface area (Å²) in [6.07, 6.45) is 3.83. The van der Waals surface area contributed by atoms with Crippen LogP contribution in [0.4, 0.5) is 0 Å². The van der Waals surface area contributed by atoms with Gasteiger partial charge in [-0.2, -0.15) is 0 Å². The van der Waals surface area contributed by atoms with Gasteiger partial charge in [-0.1, -0.05) is 83.2 Å². The van der Waals surface area contributed by atoms with Gasteiger partial charge < -0.3 is 5.11 Å². The fourth-order valence-corrected chi connectivity index (χ4v) is 7.60. The minimum atomic E-state index is -0.242. The first-order valence-electron chi connectivity index (χ1n) is 13.5. The highest BCUT2D eigenvalue weighted by atomic mass is 32.1. The van der Waals surface area contributed by atoms with Gasteiger partial charge in [-0.3, -0.25) is 9.36 Å². The molecule has 0 fully saturated rings. The van der Waals surface area contributed by atoms with E-state index in [1.165, 1.54) is 32.9 Å². The number of hydrogen-bond acceptors (Lipinski definition) is 5. The van der Waals surface area contributed by atoms with Crippen molar-refractivity contribution in [3.8, 4) is 5.75 Å². The van der Waals surface area contributed by atoms with E-state index in [2.05, 4.69) is 83.3 Å². The number of allylic oxidation sites excluding steroid dienone is 1. The van der Waals surface area contributed by atoms with Gasteiger partial charge in [0.25, 0.3) is 5.56 Å². The number of phenolic OH excluding ortho intramolecular Hbond substituents is 1. The lowest BCUT2D eigenvalue weighted by molar-refractivity contribution is 0.423. The van der Waals surface area contributed by atoms with Crippen LogP contribution in [-0.4, -0.2) is 9.67 Å². The first-order chi connectivity index (χ1) is 18.4. The average Bonchev–Trinajstić information content (AvgIpc) is 3.51. The van der Waals surface area contributed by atoms with E-state index in [0.717, 1.165) is 40.0 Å². The van der Waals surface area contributed by atoms with Crippen molar-refractivity contribution in [3.63, 3.8) is 0 Å². The Morgan fingerprint density at radius 1 is 0.974 bits per heavy atom. The first kappa shape index (κ1) is 26.0. The summed E-state index contributed by atoms with van der Waals surface area (Å²) in [5.74, 6) is 0.345. The van der Waals surface area contributed by atoms with Gasteiger partial charge in [0.05, 0.1) is 16.3 Å². The monoisotopic (exact) mass is 554 g/mol. The lowest BCUT2D eigenvalue weighted by Gasteiger charge is -2.30. The third-order valence-corrected chi connectivity index (χ3v) is 9.64. The Labute approximate surface area is 237 Å². The summed E-state index contributed by atoms with van der Waals surface area (Å²) in [7, 11) is 0. The van der Waals surface area contributed by atoms with Gasteiger partial charge in [0.1, 0.15) is 5.75 Å². The molecule has 6 heteroatoms. The highest BCUT2D eigenvalue weighted by Gasteiger charge is 2.33. The summed E-state index contributed by atoms with van der Waals surface area (Å²) in [6, 6.07) is 16.6. The minimum Gasteiger partial charge on any atom is -0.507 e. The number of hydrogen-bond donors (Lipinski definition) is 1. The molecule has 39 heavy (non-hydrogen) atoms. The molecule has 0 amide bonds. The molecule has 1 N–H and O–H groups in total. The molecule has 1 atom stereocenters. The lowest BCUT2D eigenvalue weighted by Crippen LogP contribution is -2.38. The minimum absolute atomic E-state index is 0.00903. The van der Waals surface area contributed by atoms with E-state index >= 15 is 0 Å². The molecule has 0 radical (unpaired) electrons. The van der Waals surface area contributed by atoms with Gasteiger partial charge >= 0.3 is 0 Å². The zero-order chi connectivity index (χ0) is 27.7. The lowest BCUT2D eigenvalue weighted by atomic mass is 9.78. The zero-order valence-electron chi connectivity index (χ0n) is 23.3. The molecular formula is C33H34N2O2S2. The second kappa shape index (κ2) is 9.17. The SMILES string of the molecule is CC(C)(C)c1cc(/C=c2\sc3n(c2=O)[C@H](c2cccs2)C2=C(N=3)c3ccccc3CC2)cc(C(C)(C)C)c1O. The van der Waals surface area contributed by atoms with Crippen LogP contribution in [0.1, 0.15) is 86.7 Å². The molecule has 2 aromatic carbocycles. The largest absolute Gasteiger partial charge is 0.507 e. The van der Waals surface area contributed by atoms with Crippen molar-refractivity contribution in [3.05, 3.63) is 112 Å². The van der Waals surface area contributed by atoms with Crippen molar-refractivity contribution in [2.24, 2.45) is 4.99 Å². The number of rotatable bonds is 2. The van der Waals surface area contributed by atoms with Crippen molar-refractivity contribution in [2.75, 3.05) is 0 Å². The maximum absolute atomic E-state index is 14.1. The fourth-order valence-electron chi connectivity index (χ4n) is 5.75. The number of nitrogens with zero attached hydrogens (tertiary/aromatic N) is 2. The molecule has 6 rings (SSSR count). The van der Waals surface area contributed by atoms with Crippen LogP contribution in [0.5, 0.6) is 5.75 Å². The van der Waals surface area contributed by atoms with Crippen molar-refractivity contribution >= 4 is 34.4 Å². The Hall–Kier alpha value is -3.22. The van der Waals surface area contributed by atoms with Crippen molar-refractivity contribution in [2.45, 2.75) is 71.3 Å². The van der Waals surface area contributed by atoms with E-state index in [0.29, 0.717) is 10.3 Å². The zero-order valence-corrected chi connectivity index (χ0v) is 25.0. The third kappa shape index (κ3) is 4.44. The molecule has 0 unspecified atom stereocenters. The van der Waals surface area contributed by atoms with Crippen molar-refractivity contribution in [1.82, 2.24) is 4.57 Å². The number of phenols is 1. The van der Waals surface area contributed by atoms with Crippen LogP contribution in [0.2, 0.25) is 0 Å². The molecule has 4 aromatic rings. The predicted molar refractivity (Wildman–Crippen MR) is 163 cm³/mol. The number of aryl methyl sites for hydroxylation is 1. The van der Waals surface area contributed by atoms with Crippen LogP contribution in [0, 0.1) is 0 Å². The summed E-state index contributed by atoms with van der Waals surface area (Å²) in [5, 5.41) is 13.3. The first-order valence-corrected chi connectivity index (χ1v) is 15.2. The molecule has 0 spiro atoms. The van der Waals surface area contributed by atoms with Crippen LogP contribution in [-0.2, 0) is 17.3 Å². The van der Waals surface area contributed by atoms with Gasteiger partial charge in [0, 0.05) is 21.6 Å². The highest BCUT2D eigenvalue weighted by molar-refractivity contribution is 7.10. The van der Waals surface area contributed by atoms with E-state index in [1.54, 1.807) is 11.3 Å². The Morgan fingerprint density at radius 3 is 2.31 bits per heavy atom. The normalized spacial score (nSPS) is 17.5. The molecule has 1 aliphatic carbocycles. The molecule has 2 aliphatic rings. The second-order valence-electron chi connectivity index (χ2n) is 12.6. The highest BCUT2D eigenvalue weighted by Crippen LogP contribution is 2.43. The number of thiophene rings is 1. The van der Waals surface area contributed by atoms with Crippen LogP contribution in [0.15, 0.2) is 69.3 Å². The maximum atomic E-state index is 14.1. The van der Waals surface area contributed by atoms with Gasteiger partial charge in [-0.25, -0.2) is 4.99 Å². The number of benzene rings is 2. The summed E-state index contributed by atoms with van der Waals surface area (Å²) in [4.78, 5) is 21.1. The summed E-state index contributed by atoms with van der Waals surface area (Å²) >= 11 is 3.15. The Kier molecular flexibility index (Phi) is 6.12. The van der Waals surface area contributed by atoms with Gasteiger partial charge in [-0.15, -0.1) is 11.3 Å². The molecule has 0 bridgehead atoms. The van der Waals surface area contributed by atoms with E-state index in [-0.39, 0.29) is 22.4 Å². The van der Waals surface area contributed by atoms with Gasteiger partial charge in [0.2, 0.25) is 0 Å². The number of fused-ring (bicyclic) bond motifs is 3. The van der Waals surface area contributed by atoms with Crippen molar-refractivity contribution < 1.29 is 5.11 Å². The number of thiazole rings is 1. The van der Waals surface area contributed by atoms with E-state index in [4.69, 9.17) is 4.99 Å². The van der Waals surface area contributed by atoms with E-state index in [9.17, 15) is 9.90 Å². The smallest absolute Gasteiger partial charge is 0.271 e. The molecule has 1 aliphatic heterocycles. The summed E-state index contributed by atoms with van der Waals surface area (Å²) < 4.78 is 2.57. The standard InChI is InChI=1S/C33H34N2O2S2/c1-32(2,3)23-16-19(17-24(29(23)36)33(4,5)6)18-26-30(37)35-28(25-12-9-15-38-25)22-14-13-20-10-7-8-11-21(20)27(22)34-31(35)39-26/h7-12,15-18,28,36H,13-14H2,1-6H3/b26-18-/t28-/m0/s1. The average molecular weight is 555 g/mol. The molecular weight excluding hydrogens is 521 g/mol. The molecule has 4 nitrogen and oxygen atoms in total. The van der Waals surface area contributed by atoms with Crippen LogP contribution < -0.4 is 14.9 Å². The molecule has 3 heterocycles. The Balaban J connectivity index is 1.60. The van der Waals surface area contributed by atoms with E-state index in [1.807, 2.05) is 22.8 Å². The van der Waals surface area contributed by atoms with E-state index < -0.39 is 0 Å². The van der Waals surface area contributed by atoms with Crippen LogP contribution in [0.3, 0.4) is 0 Å². The van der Waals surface area contributed by atoms with Crippen molar-refractivity contribution in [1.29, 1.82) is 0 Å². The second-order valence-corrected chi connectivity index (χ2v) is 14.6. The topological polar surface area (TPSA) is 54.6 Å². The molecule has 0 saturated heterocycles. The third-order valence-electron chi connectivity index (χ3n) is 7.73. The van der Waals surface area contributed by atoms with Gasteiger partial charge in [0.15, 0.2) is 4.80 Å². The molecule has 200 valence electrons.